The average Bonchev–Trinajstić information content (AvgIpc) is 3.60. The van der Waals surface area contributed by atoms with Crippen molar-refractivity contribution in [3.8, 4) is 22.7 Å². The number of methoxy groups -OCH3 is 1. The molecule has 6 rings (SSSR count). The molecule has 0 aliphatic rings. The second-order valence-electron chi connectivity index (χ2n) is 8.24. The van der Waals surface area contributed by atoms with Gasteiger partial charge in [0.1, 0.15) is 11.4 Å². The van der Waals surface area contributed by atoms with E-state index in [1.54, 1.807) is 7.11 Å². The van der Waals surface area contributed by atoms with Gasteiger partial charge in [-0.1, -0.05) is 59.9 Å². The molecule has 0 saturated carbocycles. The van der Waals surface area contributed by atoms with Crippen LogP contribution in [-0.4, -0.2) is 31.5 Å². The zero-order valence-corrected chi connectivity index (χ0v) is 20.2. The number of hydrogen-bond acceptors (Lipinski definition) is 6. The number of para-hydroxylation sites is 1. The Morgan fingerprint density at radius 2 is 1.64 bits per heavy atom. The van der Waals surface area contributed by atoms with E-state index in [2.05, 4.69) is 10.1 Å². The van der Waals surface area contributed by atoms with E-state index in [0.717, 1.165) is 33.8 Å². The molecule has 0 bridgehead atoms. The lowest BCUT2D eigenvalue weighted by Crippen LogP contribution is -2.23. The maximum Gasteiger partial charge on any atom is 0.291 e. The van der Waals surface area contributed by atoms with Crippen LogP contribution in [0.25, 0.3) is 28.0 Å². The highest BCUT2D eigenvalue weighted by Gasteiger charge is 2.14. The molecular formula is C28H21N5O2S. The summed E-state index contributed by atoms with van der Waals surface area (Å²) in [5.41, 5.74) is 4.37. The number of benzene rings is 3. The highest BCUT2D eigenvalue weighted by atomic mass is 32.1. The van der Waals surface area contributed by atoms with Gasteiger partial charge in [0.05, 0.1) is 17.3 Å². The Labute approximate surface area is 210 Å². The van der Waals surface area contributed by atoms with Crippen molar-refractivity contribution in [3.05, 3.63) is 123 Å². The Balaban J connectivity index is 1.43. The first-order valence-corrected chi connectivity index (χ1v) is 12.2. The molecule has 0 saturated heterocycles. The second kappa shape index (κ2) is 9.24. The molecule has 36 heavy (non-hydrogen) atoms. The summed E-state index contributed by atoms with van der Waals surface area (Å²) in [7, 11) is 1.64. The number of fused-ring (bicyclic) bond motifs is 1. The van der Waals surface area contributed by atoms with E-state index in [4.69, 9.17) is 9.84 Å². The smallest absolute Gasteiger partial charge is 0.291 e. The van der Waals surface area contributed by atoms with Gasteiger partial charge in [0.25, 0.3) is 5.56 Å². The largest absolute Gasteiger partial charge is 0.497 e. The van der Waals surface area contributed by atoms with E-state index in [9.17, 15) is 4.79 Å². The molecule has 0 aliphatic carbocycles. The molecule has 0 aliphatic heterocycles. The Kier molecular flexibility index (Phi) is 5.63. The zero-order chi connectivity index (χ0) is 24.5. The number of hydrogen-bond donors (Lipinski definition) is 0. The molecular weight excluding hydrogens is 470 g/mol. The van der Waals surface area contributed by atoms with Crippen molar-refractivity contribution in [2.75, 3.05) is 7.11 Å². The van der Waals surface area contributed by atoms with E-state index in [1.807, 2.05) is 102 Å². The third kappa shape index (κ3) is 4.18. The summed E-state index contributed by atoms with van der Waals surface area (Å²) < 4.78 is 9.07. The van der Waals surface area contributed by atoms with E-state index in [1.165, 1.54) is 15.9 Å². The van der Waals surface area contributed by atoms with Gasteiger partial charge in [-0.25, -0.2) is 9.67 Å². The molecule has 0 spiro atoms. The lowest BCUT2D eigenvalue weighted by molar-refractivity contribution is 0.415. The van der Waals surface area contributed by atoms with Crippen molar-refractivity contribution in [2.24, 2.45) is 0 Å². The number of aromatic nitrogens is 5. The topological polar surface area (TPSA) is 74.3 Å². The number of nitrogens with zero attached hydrogens (tertiary/aromatic N) is 5. The van der Waals surface area contributed by atoms with Gasteiger partial charge in [0, 0.05) is 23.7 Å². The standard InChI is InChI=1S/C28H21N5O2S/c1-35-23-14-12-20(13-15-23)26-21(18-32(31-26)22-10-6-3-7-11-22)17-24-27(34)33-28(36-24)29-25(30-33)16-19-8-4-2-5-9-19/h2-15,17-18H,16H2,1H3. The normalized spacial score (nSPS) is 11.9. The van der Waals surface area contributed by atoms with Crippen LogP contribution in [0.4, 0.5) is 0 Å². The fourth-order valence-electron chi connectivity index (χ4n) is 4.05. The predicted octanol–water partition coefficient (Wildman–Crippen LogP) is 4.15. The molecule has 0 radical (unpaired) electrons. The molecule has 6 aromatic rings. The van der Waals surface area contributed by atoms with E-state index in [0.29, 0.717) is 21.7 Å². The van der Waals surface area contributed by atoms with Crippen molar-refractivity contribution in [1.29, 1.82) is 0 Å². The van der Waals surface area contributed by atoms with Gasteiger partial charge >= 0.3 is 0 Å². The minimum absolute atomic E-state index is 0.185. The van der Waals surface area contributed by atoms with Crippen LogP contribution in [0.15, 0.2) is 95.9 Å². The molecule has 0 unspecified atom stereocenters. The van der Waals surface area contributed by atoms with Crippen LogP contribution in [0.3, 0.4) is 0 Å². The van der Waals surface area contributed by atoms with Crippen molar-refractivity contribution in [3.63, 3.8) is 0 Å². The molecule has 8 heteroatoms. The highest BCUT2D eigenvalue weighted by molar-refractivity contribution is 7.15. The summed E-state index contributed by atoms with van der Waals surface area (Å²) in [6.45, 7) is 0. The SMILES string of the molecule is COc1ccc(-c2nn(-c3ccccc3)cc2C=c2sc3nc(Cc4ccccc4)nn3c2=O)cc1. The molecule has 3 aromatic carbocycles. The summed E-state index contributed by atoms with van der Waals surface area (Å²) in [6.07, 6.45) is 4.39. The minimum Gasteiger partial charge on any atom is -0.497 e. The maximum atomic E-state index is 13.2. The van der Waals surface area contributed by atoms with Gasteiger partial charge in [0.15, 0.2) is 5.82 Å². The number of rotatable bonds is 6. The first-order chi connectivity index (χ1) is 17.7. The third-order valence-electron chi connectivity index (χ3n) is 5.84. The summed E-state index contributed by atoms with van der Waals surface area (Å²) >= 11 is 1.33. The van der Waals surface area contributed by atoms with E-state index >= 15 is 0 Å². The van der Waals surface area contributed by atoms with Crippen molar-refractivity contribution in [2.45, 2.75) is 6.42 Å². The summed E-state index contributed by atoms with van der Waals surface area (Å²) in [5, 5.41) is 9.31. The lowest BCUT2D eigenvalue weighted by atomic mass is 10.1. The Hall–Kier alpha value is -4.56. The van der Waals surface area contributed by atoms with E-state index < -0.39 is 0 Å². The van der Waals surface area contributed by atoms with Crippen molar-refractivity contribution >= 4 is 22.4 Å². The molecule has 0 N–H and O–H groups in total. The Bertz CT molecular complexity index is 1750. The van der Waals surface area contributed by atoms with Crippen molar-refractivity contribution < 1.29 is 4.74 Å². The van der Waals surface area contributed by atoms with Gasteiger partial charge in [-0.05, 0) is 48.0 Å². The zero-order valence-electron chi connectivity index (χ0n) is 19.4. The van der Waals surface area contributed by atoms with Crippen LogP contribution in [-0.2, 0) is 6.42 Å². The molecule has 3 aromatic heterocycles. The maximum absolute atomic E-state index is 13.2. The highest BCUT2D eigenvalue weighted by Crippen LogP contribution is 2.26. The Morgan fingerprint density at radius 1 is 0.917 bits per heavy atom. The number of thiazole rings is 1. The Morgan fingerprint density at radius 3 is 2.33 bits per heavy atom. The van der Waals surface area contributed by atoms with Gasteiger partial charge in [0.2, 0.25) is 4.96 Å². The molecule has 0 atom stereocenters. The summed E-state index contributed by atoms with van der Waals surface area (Å²) in [5.74, 6) is 1.40. The van der Waals surface area contributed by atoms with Crippen LogP contribution < -0.4 is 14.8 Å². The van der Waals surface area contributed by atoms with Gasteiger partial charge in [-0.3, -0.25) is 4.79 Å². The van der Waals surface area contributed by atoms with Crippen LogP contribution >= 0.6 is 11.3 Å². The van der Waals surface area contributed by atoms with Crippen molar-refractivity contribution in [1.82, 2.24) is 24.4 Å². The van der Waals surface area contributed by atoms with E-state index in [-0.39, 0.29) is 5.56 Å². The van der Waals surface area contributed by atoms with Crippen LogP contribution in [0.1, 0.15) is 17.0 Å². The molecule has 3 heterocycles. The van der Waals surface area contributed by atoms with Crippen LogP contribution in [0, 0.1) is 0 Å². The van der Waals surface area contributed by atoms with Crippen LogP contribution in [0.2, 0.25) is 0 Å². The third-order valence-corrected chi connectivity index (χ3v) is 6.80. The van der Waals surface area contributed by atoms with Gasteiger partial charge in [-0.15, -0.1) is 5.10 Å². The molecule has 7 nitrogen and oxygen atoms in total. The minimum atomic E-state index is -0.185. The molecule has 0 fully saturated rings. The predicted molar refractivity (Wildman–Crippen MR) is 141 cm³/mol. The lowest BCUT2D eigenvalue weighted by Gasteiger charge is -2.02. The summed E-state index contributed by atoms with van der Waals surface area (Å²) in [6, 6.07) is 27.6. The van der Waals surface area contributed by atoms with Gasteiger partial charge < -0.3 is 4.74 Å². The molecule has 176 valence electrons. The number of ether oxygens (including phenoxy) is 1. The second-order valence-corrected chi connectivity index (χ2v) is 9.25. The quantitative estimate of drug-likeness (QED) is 0.350. The average molecular weight is 492 g/mol. The first kappa shape index (κ1) is 21.9. The monoisotopic (exact) mass is 491 g/mol. The fourth-order valence-corrected chi connectivity index (χ4v) is 4.97. The first-order valence-electron chi connectivity index (χ1n) is 11.4. The summed E-state index contributed by atoms with van der Waals surface area (Å²) in [4.78, 5) is 18.4. The van der Waals surface area contributed by atoms with Crippen LogP contribution in [0.5, 0.6) is 5.75 Å². The molecule has 0 amide bonds. The fraction of sp³-hybridized carbons (Fsp3) is 0.0714. The van der Waals surface area contributed by atoms with Gasteiger partial charge in [-0.2, -0.15) is 9.61 Å².